The molecule has 25 heavy (non-hydrogen) atoms. The SMILES string of the molecule is O=C(c1ccc(F)cc1)N1CCC(Oc2cccc3cccnc23)C1. The largest absolute Gasteiger partial charge is 0.486 e. The molecule has 3 aromatic rings. The van der Waals surface area contributed by atoms with Crippen LogP contribution < -0.4 is 4.74 Å². The minimum atomic E-state index is -0.345. The van der Waals surface area contributed by atoms with Gasteiger partial charge in [-0.3, -0.25) is 9.78 Å². The smallest absolute Gasteiger partial charge is 0.253 e. The Hall–Kier alpha value is -2.95. The molecule has 0 N–H and O–H groups in total. The first-order chi connectivity index (χ1) is 12.2. The van der Waals surface area contributed by atoms with E-state index in [9.17, 15) is 9.18 Å². The van der Waals surface area contributed by atoms with Crippen LogP contribution in [0.3, 0.4) is 0 Å². The number of amides is 1. The number of nitrogens with zero attached hydrogens (tertiary/aromatic N) is 2. The fourth-order valence-electron chi connectivity index (χ4n) is 3.13. The second kappa shape index (κ2) is 6.51. The van der Waals surface area contributed by atoms with E-state index in [0.717, 1.165) is 23.1 Å². The number of halogens is 1. The predicted octanol–water partition coefficient (Wildman–Crippen LogP) is 3.67. The van der Waals surface area contributed by atoms with Crippen molar-refractivity contribution in [1.82, 2.24) is 9.88 Å². The van der Waals surface area contributed by atoms with Gasteiger partial charge in [0, 0.05) is 30.1 Å². The van der Waals surface area contributed by atoms with Crippen LogP contribution in [0.4, 0.5) is 4.39 Å². The highest BCUT2D eigenvalue weighted by Gasteiger charge is 2.28. The Labute approximate surface area is 144 Å². The Morgan fingerprint density at radius 3 is 2.76 bits per heavy atom. The molecule has 1 aliphatic rings. The highest BCUT2D eigenvalue weighted by atomic mass is 19.1. The Morgan fingerprint density at radius 1 is 1.12 bits per heavy atom. The van der Waals surface area contributed by atoms with Gasteiger partial charge in [0.1, 0.15) is 23.2 Å². The molecule has 1 aromatic heterocycles. The maximum absolute atomic E-state index is 13.0. The van der Waals surface area contributed by atoms with Gasteiger partial charge in [0.15, 0.2) is 0 Å². The standard InChI is InChI=1S/C20H17FN2O2/c21-16-8-6-15(7-9-16)20(24)23-12-10-17(13-23)25-18-5-1-3-14-4-2-11-22-19(14)18/h1-9,11,17H,10,12-13H2. The second-order valence-electron chi connectivity index (χ2n) is 6.12. The van der Waals surface area contributed by atoms with Crippen molar-refractivity contribution in [1.29, 1.82) is 0 Å². The number of hydrogen-bond donors (Lipinski definition) is 0. The average Bonchev–Trinajstić information content (AvgIpc) is 3.11. The van der Waals surface area contributed by atoms with Crippen molar-refractivity contribution >= 4 is 16.8 Å². The lowest BCUT2D eigenvalue weighted by Crippen LogP contribution is -2.30. The van der Waals surface area contributed by atoms with E-state index in [4.69, 9.17) is 4.74 Å². The Balaban J connectivity index is 1.47. The van der Waals surface area contributed by atoms with Gasteiger partial charge < -0.3 is 9.64 Å². The van der Waals surface area contributed by atoms with Crippen molar-refractivity contribution in [2.75, 3.05) is 13.1 Å². The minimum absolute atomic E-state index is 0.0722. The molecule has 1 saturated heterocycles. The number of carbonyl (C=O) groups excluding carboxylic acids is 1. The zero-order valence-electron chi connectivity index (χ0n) is 13.6. The van der Waals surface area contributed by atoms with E-state index < -0.39 is 0 Å². The van der Waals surface area contributed by atoms with Crippen LogP contribution in [-0.2, 0) is 0 Å². The molecule has 5 heteroatoms. The minimum Gasteiger partial charge on any atom is -0.486 e. The molecule has 0 saturated carbocycles. The first kappa shape index (κ1) is 15.6. The maximum Gasteiger partial charge on any atom is 0.253 e. The zero-order chi connectivity index (χ0) is 17.2. The first-order valence-electron chi connectivity index (χ1n) is 8.26. The molecule has 1 aliphatic heterocycles. The van der Waals surface area contributed by atoms with E-state index in [1.165, 1.54) is 24.3 Å². The van der Waals surface area contributed by atoms with Gasteiger partial charge in [0.2, 0.25) is 0 Å². The van der Waals surface area contributed by atoms with Crippen molar-refractivity contribution < 1.29 is 13.9 Å². The fourth-order valence-corrected chi connectivity index (χ4v) is 3.13. The molecule has 1 unspecified atom stereocenters. The number of para-hydroxylation sites is 1. The topological polar surface area (TPSA) is 42.4 Å². The molecule has 1 atom stereocenters. The van der Waals surface area contributed by atoms with Gasteiger partial charge in [0.25, 0.3) is 5.91 Å². The van der Waals surface area contributed by atoms with E-state index in [-0.39, 0.29) is 17.8 Å². The number of pyridine rings is 1. The third-order valence-electron chi connectivity index (χ3n) is 4.41. The highest BCUT2D eigenvalue weighted by molar-refractivity contribution is 5.94. The van der Waals surface area contributed by atoms with E-state index in [1.54, 1.807) is 11.1 Å². The van der Waals surface area contributed by atoms with Crippen molar-refractivity contribution in [3.8, 4) is 5.75 Å². The maximum atomic E-state index is 13.0. The van der Waals surface area contributed by atoms with Crippen LogP contribution in [0.2, 0.25) is 0 Å². The average molecular weight is 336 g/mol. The molecular formula is C20H17FN2O2. The molecule has 1 fully saturated rings. The van der Waals surface area contributed by atoms with Gasteiger partial charge in [-0.15, -0.1) is 0 Å². The quantitative estimate of drug-likeness (QED) is 0.733. The summed E-state index contributed by atoms with van der Waals surface area (Å²) in [5.74, 6) is 0.295. The summed E-state index contributed by atoms with van der Waals surface area (Å²) >= 11 is 0. The molecule has 0 radical (unpaired) electrons. The van der Waals surface area contributed by atoms with Crippen LogP contribution >= 0.6 is 0 Å². The van der Waals surface area contributed by atoms with Crippen molar-refractivity contribution in [2.45, 2.75) is 12.5 Å². The lowest BCUT2D eigenvalue weighted by atomic mass is 10.2. The fraction of sp³-hybridized carbons (Fsp3) is 0.200. The van der Waals surface area contributed by atoms with Gasteiger partial charge >= 0.3 is 0 Å². The van der Waals surface area contributed by atoms with E-state index in [0.29, 0.717) is 18.7 Å². The van der Waals surface area contributed by atoms with Gasteiger partial charge in [-0.1, -0.05) is 18.2 Å². The van der Waals surface area contributed by atoms with Crippen molar-refractivity contribution in [3.63, 3.8) is 0 Å². The van der Waals surface area contributed by atoms with Crippen LogP contribution in [-0.4, -0.2) is 35.0 Å². The Bertz CT molecular complexity index is 906. The summed E-state index contributed by atoms with van der Waals surface area (Å²) in [7, 11) is 0. The number of carbonyl (C=O) groups is 1. The molecule has 0 spiro atoms. The number of likely N-dealkylation sites (tertiary alicyclic amines) is 1. The van der Waals surface area contributed by atoms with Crippen LogP contribution in [0.15, 0.2) is 60.8 Å². The number of ether oxygens (including phenoxy) is 1. The van der Waals surface area contributed by atoms with Crippen molar-refractivity contribution in [2.24, 2.45) is 0 Å². The summed E-state index contributed by atoms with van der Waals surface area (Å²) in [6.45, 7) is 1.14. The number of benzene rings is 2. The summed E-state index contributed by atoms with van der Waals surface area (Å²) < 4.78 is 19.1. The van der Waals surface area contributed by atoms with Gasteiger partial charge in [-0.05, 0) is 36.4 Å². The molecule has 2 heterocycles. The third-order valence-corrected chi connectivity index (χ3v) is 4.41. The molecule has 0 aliphatic carbocycles. The molecule has 1 amide bonds. The van der Waals surface area contributed by atoms with Crippen LogP contribution in [0, 0.1) is 5.82 Å². The summed E-state index contributed by atoms with van der Waals surface area (Å²) in [6.07, 6.45) is 2.43. The van der Waals surface area contributed by atoms with Crippen molar-refractivity contribution in [3.05, 3.63) is 72.2 Å². The molecule has 126 valence electrons. The summed E-state index contributed by atoms with van der Waals surface area (Å²) in [4.78, 5) is 18.6. The van der Waals surface area contributed by atoms with E-state index >= 15 is 0 Å². The number of hydrogen-bond acceptors (Lipinski definition) is 3. The summed E-state index contributed by atoms with van der Waals surface area (Å²) in [6, 6.07) is 15.4. The molecular weight excluding hydrogens is 319 g/mol. The zero-order valence-corrected chi connectivity index (χ0v) is 13.6. The second-order valence-corrected chi connectivity index (χ2v) is 6.12. The van der Waals surface area contributed by atoms with Crippen LogP contribution in [0.25, 0.3) is 10.9 Å². The highest BCUT2D eigenvalue weighted by Crippen LogP contribution is 2.26. The first-order valence-corrected chi connectivity index (χ1v) is 8.26. The molecule has 4 nitrogen and oxygen atoms in total. The summed E-state index contributed by atoms with van der Waals surface area (Å²) in [5.41, 5.74) is 1.32. The van der Waals surface area contributed by atoms with Gasteiger partial charge in [-0.25, -0.2) is 4.39 Å². The van der Waals surface area contributed by atoms with Crippen LogP contribution in [0.1, 0.15) is 16.8 Å². The lowest BCUT2D eigenvalue weighted by molar-refractivity contribution is 0.0772. The molecule has 4 rings (SSSR count). The predicted molar refractivity (Wildman–Crippen MR) is 93.1 cm³/mol. The number of fused-ring (bicyclic) bond motifs is 1. The van der Waals surface area contributed by atoms with Gasteiger partial charge in [-0.2, -0.15) is 0 Å². The number of rotatable bonds is 3. The Morgan fingerprint density at radius 2 is 1.92 bits per heavy atom. The monoisotopic (exact) mass is 336 g/mol. The van der Waals surface area contributed by atoms with E-state index in [2.05, 4.69) is 4.98 Å². The normalized spacial score (nSPS) is 17.0. The van der Waals surface area contributed by atoms with Gasteiger partial charge in [0.05, 0.1) is 6.54 Å². The molecule has 0 bridgehead atoms. The Kier molecular flexibility index (Phi) is 4.06. The molecule has 2 aromatic carbocycles. The third kappa shape index (κ3) is 3.18. The van der Waals surface area contributed by atoms with E-state index in [1.807, 2.05) is 30.3 Å². The number of aromatic nitrogens is 1. The summed E-state index contributed by atoms with van der Waals surface area (Å²) in [5, 5.41) is 1.03. The van der Waals surface area contributed by atoms with Crippen LogP contribution in [0.5, 0.6) is 5.75 Å². The lowest BCUT2D eigenvalue weighted by Gasteiger charge is -2.18.